The smallest absolute Gasteiger partial charge is 0.475 e. The van der Waals surface area contributed by atoms with Crippen LogP contribution < -0.4 is 4.90 Å². The van der Waals surface area contributed by atoms with E-state index in [9.17, 15) is 13.2 Å². The normalized spacial score (nSPS) is 24.8. The van der Waals surface area contributed by atoms with Crippen LogP contribution in [0.2, 0.25) is 0 Å². The Hall–Kier alpha value is -1.94. The summed E-state index contributed by atoms with van der Waals surface area (Å²) in [6.45, 7) is 6.49. The molecule has 3 rings (SSSR count). The number of ether oxygens (including phenoxy) is 2. The molecule has 0 radical (unpaired) electrons. The number of fused-ring (bicyclic) bond motifs is 1. The fourth-order valence-electron chi connectivity index (χ4n) is 3.20. The molecule has 0 amide bonds. The van der Waals surface area contributed by atoms with Crippen LogP contribution in [0.5, 0.6) is 0 Å². The Labute approximate surface area is 155 Å². The highest BCUT2D eigenvalue weighted by Gasteiger charge is 2.40. The Morgan fingerprint density at radius 1 is 1.33 bits per heavy atom. The first-order valence-corrected chi connectivity index (χ1v) is 8.82. The molecule has 0 aromatic carbocycles. The Balaban J connectivity index is 0.000000321. The van der Waals surface area contributed by atoms with Crippen LogP contribution in [0, 0.1) is 6.92 Å². The van der Waals surface area contributed by atoms with E-state index in [1.807, 2.05) is 19.9 Å². The number of alkyl halides is 3. The number of carbonyl (C=O) groups is 1. The number of hydrogen-bond acceptors (Lipinski definition) is 6. The summed E-state index contributed by atoms with van der Waals surface area (Å²) in [6.07, 6.45) is -1.21. The van der Waals surface area contributed by atoms with Gasteiger partial charge in [-0.25, -0.2) is 4.79 Å². The second kappa shape index (κ2) is 9.32. The van der Waals surface area contributed by atoms with E-state index in [1.54, 1.807) is 0 Å². The van der Waals surface area contributed by atoms with Crippen molar-refractivity contribution in [2.75, 3.05) is 24.7 Å². The molecule has 2 fully saturated rings. The maximum absolute atomic E-state index is 10.6. The predicted molar refractivity (Wildman–Crippen MR) is 90.6 cm³/mol. The molecule has 10 heteroatoms. The number of hydrogen-bond donors (Lipinski definition) is 1. The van der Waals surface area contributed by atoms with Crippen LogP contribution in [0.1, 0.15) is 31.9 Å². The van der Waals surface area contributed by atoms with Gasteiger partial charge in [0.05, 0.1) is 30.6 Å². The molecule has 1 aromatic rings. The average molecular weight is 391 g/mol. The maximum Gasteiger partial charge on any atom is 0.490 e. The second-order valence-electron chi connectivity index (χ2n) is 6.42. The first-order chi connectivity index (χ1) is 12.7. The molecule has 7 nitrogen and oxygen atoms in total. The summed E-state index contributed by atoms with van der Waals surface area (Å²) in [5.41, 5.74) is 0.959. The summed E-state index contributed by atoms with van der Waals surface area (Å²) < 4.78 is 43.4. The first kappa shape index (κ1) is 21.4. The zero-order chi connectivity index (χ0) is 20.0. The average Bonchev–Trinajstić information content (AvgIpc) is 3.03. The lowest BCUT2D eigenvalue weighted by Crippen LogP contribution is -2.44. The van der Waals surface area contributed by atoms with Gasteiger partial charge < -0.3 is 19.5 Å². The predicted octanol–water partition coefficient (Wildman–Crippen LogP) is 2.58. The molecule has 0 aliphatic carbocycles. The number of aromatic nitrogens is 2. The van der Waals surface area contributed by atoms with E-state index in [4.69, 9.17) is 19.4 Å². The van der Waals surface area contributed by atoms with E-state index < -0.39 is 12.1 Å². The SMILES string of the molecule is CCOC[C@@H]1CC[C@H]2[C@H](CCN2c2ccc(C)nn2)O1.O=C(O)C(F)(F)F. The van der Waals surface area contributed by atoms with Crippen molar-refractivity contribution in [1.82, 2.24) is 10.2 Å². The molecule has 3 heterocycles. The van der Waals surface area contributed by atoms with Crippen molar-refractivity contribution in [3.8, 4) is 0 Å². The van der Waals surface area contributed by atoms with Crippen LogP contribution >= 0.6 is 0 Å². The van der Waals surface area contributed by atoms with E-state index >= 15 is 0 Å². The Morgan fingerprint density at radius 2 is 2.04 bits per heavy atom. The van der Waals surface area contributed by atoms with Gasteiger partial charge in [-0.2, -0.15) is 18.3 Å². The Morgan fingerprint density at radius 3 is 2.59 bits per heavy atom. The number of carboxylic acids is 1. The lowest BCUT2D eigenvalue weighted by atomic mass is 9.99. The van der Waals surface area contributed by atoms with Crippen molar-refractivity contribution in [3.63, 3.8) is 0 Å². The fraction of sp³-hybridized carbons (Fsp3) is 0.706. The first-order valence-electron chi connectivity index (χ1n) is 8.82. The minimum Gasteiger partial charge on any atom is -0.475 e. The van der Waals surface area contributed by atoms with Crippen LogP contribution in [0.4, 0.5) is 19.0 Å². The summed E-state index contributed by atoms with van der Waals surface area (Å²) in [6, 6.07) is 4.54. The Bertz CT molecular complexity index is 612. The van der Waals surface area contributed by atoms with Gasteiger partial charge in [0, 0.05) is 13.2 Å². The summed E-state index contributed by atoms with van der Waals surface area (Å²) in [5.74, 6) is -1.78. The fourth-order valence-corrected chi connectivity index (χ4v) is 3.20. The van der Waals surface area contributed by atoms with Gasteiger partial charge in [0.2, 0.25) is 0 Å². The van der Waals surface area contributed by atoms with Gasteiger partial charge in [-0.15, -0.1) is 5.10 Å². The zero-order valence-corrected chi connectivity index (χ0v) is 15.3. The molecule has 152 valence electrons. The minimum atomic E-state index is -5.08. The highest BCUT2D eigenvalue weighted by Crippen LogP contribution is 2.33. The molecule has 0 bridgehead atoms. The van der Waals surface area contributed by atoms with Gasteiger partial charge in [-0.05, 0) is 45.2 Å². The highest BCUT2D eigenvalue weighted by atomic mass is 19.4. The van der Waals surface area contributed by atoms with Crippen molar-refractivity contribution in [2.45, 2.75) is 57.5 Å². The van der Waals surface area contributed by atoms with Crippen LogP contribution in [0.15, 0.2) is 12.1 Å². The zero-order valence-electron chi connectivity index (χ0n) is 15.3. The van der Waals surface area contributed by atoms with E-state index in [0.717, 1.165) is 50.5 Å². The molecular formula is C17H24F3N3O4. The van der Waals surface area contributed by atoms with Crippen LogP contribution in [-0.2, 0) is 14.3 Å². The number of rotatable bonds is 4. The van der Waals surface area contributed by atoms with E-state index in [2.05, 4.69) is 21.2 Å². The third-order valence-corrected chi connectivity index (χ3v) is 4.46. The molecular weight excluding hydrogens is 367 g/mol. The molecule has 27 heavy (non-hydrogen) atoms. The number of aliphatic carboxylic acids is 1. The number of anilines is 1. The van der Waals surface area contributed by atoms with Gasteiger partial charge in [0.1, 0.15) is 0 Å². The third kappa shape index (κ3) is 6.03. The summed E-state index contributed by atoms with van der Waals surface area (Å²) >= 11 is 0. The monoisotopic (exact) mass is 391 g/mol. The van der Waals surface area contributed by atoms with Crippen LogP contribution in [0.3, 0.4) is 0 Å². The lowest BCUT2D eigenvalue weighted by Gasteiger charge is -2.36. The van der Waals surface area contributed by atoms with E-state index in [-0.39, 0.29) is 6.10 Å². The van der Waals surface area contributed by atoms with Gasteiger partial charge in [0.25, 0.3) is 0 Å². The van der Waals surface area contributed by atoms with Gasteiger partial charge >= 0.3 is 12.1 Å². The molecule has 2 saturated heterocycles. The highest BCUT2D eigenvalue weighted by molar-refractivity contribution is 5.73. The van der Waals surface area contributed by atoms with E-state index in [1.165, 1.54) is 0 Å². The van der Waals surface area contributed by atoms with Crippen LogP contribution in [0.25, 0.3) is 0 Å². The summed E-state index contributed by atoms with van der Waals surface area (Å²) in [5, 5.41) is 15.6. The van der Waals surface area contributed by atoms with Crippen molar-refractivity contribution in [3.05, 3.63) is 17.8 Å². The molecule has 2 aliphatic rings. The second-order valence-corrected chi connectivity index (χ2v) is 6.42. The Kier molecular flexibility index (Phi) is 7.37. The summed E-state index contributed by atoms with van der Waals surface area (Å²) in [7, 11) is 0. The number of nitrogens with zero attached hydrogens (tertiary/aromatic N) is 3. The van der Waals surface area contributed by atoms with Crippen molar-refractivity contribution in [2.24, 2.45) is 0 Å². The largest absolute Gasteiger partial charge is 0.490 e. The number of carboxylic acid groups (broad SMARTS) is 1. The van der Waals surface area contributed by atoms with Gasteiger partial charge in [-0.3, -0.25) is 0 Å². The molecule has 2 aliphatic heterocycles. The minimum absolute atomic E-state index is 0.264. The van der Waals surface area contributed by atoms with Crippen LogP contribution in [-0.4, -0.2) is 65.5 Å². The van der Waals surface area contributed by atoms with Crippen molar-refractivity contribution < 1.29 is 32.5 Å². The molecule has 1 N–H and O–H groups in total. The molecule has 0 spiro atoms. The molecule has 0 unspecified atom stereocenters. The van der Waals surface area contributed by atoms with Gasteiger partial charge in [0.15, 0.2) is 5.82 Å². The van der Waals surface area contributed by atoms with Crippen molar-refractivity contribution in [1.29, 1.82) is 0 Å². The van der Waals surface area contributed by atoms with Gasteiger partial charge in [-0.1, -0.05) is 0 Å². The molecule has 3 atom stereocenters. The maximum atomic E-state index is 10.6. The third-order valence-electron chi connectivity index (χ3n) is 4.46. The lowest BCUT2D eigenvalue weighted by molar-refractivity contribution is -0.192. The molecule has 1 aromatic heterocycles. The summed E-state index contributed by atoms with van der Waals surface area (Å²) in [4.78, 5) is 11.3. The quantitative estimate of drug-likeness (QED) is 0.844. The number of halogens is 3. The number of aryl methyl sites for hydroxylation is 1. The topological polar surface area (TPSA) is 84.8 Å². The van der Waals surface area contributed by atoms with E-state index in [0.29, 0.717) is 12.1 Å². The molecule has 0 saturated carbocycles. The van der Waals surface area contributed by atoms with Crippen molar-refractivity contribution >= 4 is 11.8 Å². The standard InChI is InChI=1S/C15H23N3O2.C2HF3O2/c1-3-19-10-12-5-6-13-14(20-12)8-9-18(13)15-7-4-11(2)16-17-15;3-2(4,5)1(6)7/h4,7,12-14H,3,5-6,8-10H2,1-2H3;(H,6,7)/t12-,13-,14-;/m0./s1.